The quantitative estimate of drug-likeness (QED) is 0.462. The van der Waals surface area contributed by atoms with Gasteiger partial charge in [-0.2, -0.15) is 13.2 Å². The van der Waals surface area contributed by atoms with Crippen LogP contribution in [0.3, 0.4) is 0 Å². The van der Waals surface area contributed by atoms with Gasteiger partial charge in [-0.3, -0.25) is 0 Å². The van der Waals surface area contributed by atoms with E-state index < -0.39 is 46.2 Å². The van der Waals surface area contributed by atoms with Gasteiger partial charge >= 0.3 is 6.18 Å². The van der Waals surface area contributed by atoms with E-state index in [9.17, 15) is 13.2 Å². The molecule has 3 nitrogen and oxygen atoms in total. The number of hydrogen-bond acceptors (Lipinski definition) is 3. The van der Waals surface area contributed by atoms with Crippen molar-refractivity contribution in [2.45, 2.75) is 76.7 Å². The number of benzene rings is 1. The van der Waals surface area contributed by atoms with Gasteiger partial charge in [-0.1, -0.05) is 6.07 Å². The minimum Gasteiger partial charge on any atom is -0.497 e. The number of aryl methyl sites for hydroxylation is 1. The molecule has 1 aromatic carbocycles. The molecule has 170 valence electrons. The fourth-order valence-electron chi connectivity index (χ4n) is 5.30. The van der Waals surface area contributed by atoms with E-state index in [4.69, 9.17) is 13.6 Å². The SMILES string of the molecule is COc1ccc2c(c1)CC[C@]1(C(F)(F)F)[C@@H]2C[C@H](O[Si](C)(C)C)[C@@H]1CO[Si](C)(C)C. The molecule has 0 bridgehead atoms. The largest absolute Gasteiger partial charge is 0.497 e. The predicted molar refractivity (Wildman–Crippen MR) is 118 cm³/mol. The van der Waals surface area contributed by atoms with E-state index in [1.165, 1.54) is 0 Å². The zero-order valence-electron chi connectivity index (χ0n) is 19.2. The Hall–Kier alpha value is -0.836. The third-order valence-electron chi connectivity index (χ3n) is 6.46. The molecule has 0 heterocycles. The number of fused-ring (bicyclic) bond motifs is 3. The van der Waals surface area contributed by atoms with Crippen LogP contribution in [0.1, 0.15) is 29.9 Å². The second-order valence-electron chi connectivity index (χ2n) is 10.7. The van der Waals surface area contributed by atoms with Crippen molar-refractivity contribution in [1.29, 1.82) is 0 Å². The van der Waals surface area contributed by atoms with Crippen molar-refractivity contribution in [3.63, 3.8) is 0 Å². The van der Waals surface area contributed by atoms with Crippen LogP contribution in [0, 0.1) is 11.3 Å². The van der Waals surface area contributed by atoms with Crippen molar-refractivity contribution in [2.24, 2.45) is 11.3 Å². The Morgan fingerprint density at radius 3 is 2.27 bits per heavy atom. The van der Waals surface area contributed by atoms with Gasteiger partial charge in [0.25, 0.3) is 0 Å². The fourth-order valence-corrected chi connectivity index (χ4v) is 7.15. The molecule has 1 fully saturated rings. The molecule has 2 aliphatic rings. The molecule has 8 heteroatoms. The zero-order valence-corrected chi connectivity index (χ0v) is 21.2. The van der Waals surface area contributed by atoms with Crippen LogP contribution in [-0.2, 0) is 15.3 Å². The number of alkyl halides is 3. The van der Waals surface area contributed by atoms with Gasteiger partial charge in [-0.05, 0) is 81.8 Å². The van der Waals surface area contributed by atoms with Crippen LogP contribution in [0.2, 0.25) is 39.3 Å². The predicted octanol–water partition coefficient (Wildman–Crippen LogP) is 6.37. The van der Waals surface area contributed by atoms with Gasteiger partial charge < -0.3 is 13.6 Å². The third-order valence-corrected chi connectivity index (χ3v) is 8.50. The first-order chi connectivity index (χ1) is 13.7. The average molecular weight is 461 g/mol. The Labute approximate surface area is 180 Å². The van der Waals surface area contributed by atoms with E-state index in [1.807, 2.05) is 51.4 Å². The van der Waals surface area contributed by atoms with Crippen LogP contribution in [-0.4, -0.2) is 42.6 Å². The molecule has 0 spiro atoms. The molecular formula is C22H35F3O3Si2. The molecule has 0 radical (unpaired) electrons. The number of methoxy groups -OCH3 is 1. The summed E-state index contributed by atoms with van der Waals surface area (Å²) < 4.78 is 62.5. The van der Waals surface area contributed by atoms with Crippen LogP contribution >= 0.6 is 0 Å². The van der Waals surface area contributed by atoms with Crippen LogP contribution in [0.15, 0.2) is 18.2 Å². The molecule has 0 unspecified atom stereocenters. The standard InChI is InChI=1S/C22H35F3O3Si2/c1-26-16-8-9-17-15(12-16)10-11-21(22(23,24)25)18(17)13-20(28-30(5,6)7)19(21)14-27-29(2,3)4/h8-9,12,18-20H,10-11,13-14H2,1-7H3/t18-,19+,20+,21+/m1/s1. The van der Waals surface area contributed by atoms with Crippen molar-refractivity contribution in [3.8, 4) is 5.75 Å². The third kappa shape index (κ3) is 4.52. The molecule has 30 heavy (non-hydrogen) atoms. The molecule has 0 aromatic heterocycles. The maximum atomic E-state index is 14.9. The van der Waals surface area contributed by atoms with Crippen molar-refractivity contribution < 1.29 is 26.8 Å². The monoisotopic (exact) mass is 460 g/mol. The van der Waals surface area contributed by atoms with Gasteiger partial charge in [0.2, 0.25) is 0 Å². The summed E-state index contributed by atoms with van der Waals surface area (Å²) in [5, 5.41) is 0. The minimum atomic E-state index is -4.32. The van der Waals surface area contributed by atoms with Gasteiger partial charge in [0.15, 0.2) is 16.6 Å². The second-order valence-corrected chi connectivity index (χ2v) is 19.7. The summed E-state index contributed by atoms with van der Waals surface area (Å²) in [6.07, 6.45) is -3.89. The lowest BCUT2D eigenvalue weighted by molar-refractivity contribution is -0.253. The number of ether oxygens (including phenoxy) is 1. The van der Waals surface area contributed by atoms with E-state index in [2.05, 4.69) is 0 Å². The molecule has 1 saturated carbocycles. The van der Waals surface area contributed by atoms with E-state index in [1.54, 1.807) is 13.2 Å². The summed E-state index contributed by atoms with van der Waals surface area (Å²) >= 11 is 0. The van der Waals surface area contributed by atoms with E-state index in [-0.39, 0.29) is 13.0 Å². The van der Waals surface area contributed by atoms with Crippen LogP contribution < -0.4 is 4.74 Å². The summed E-state index contributed by atoms with van der Waals surface area (Å²) in [5.41, 5.74) is -0.0322. The molecule has 0 saturated heterocycles. The van der Waals surface area contributed by atoms with Crippen LogP contribution in [0.4, 0.5) is 13.2 Å². The second kappa shape index (κ2) is 7.94. The van der Waals surface area contributed by atoms with Crippen molar-refractivity contribution in [2.75, 3.05) is 13.7 Å². The lowest BCUT2D eigenvalue weighted by Crippen LogP contribution is -2.51. The lowest BCUT2D eigenvalue weighted by atomic mass is 9.61. The highest BCUT2D eigenvalue weighted by molar-refractivity contribution is 6.70. The van der Waals surface area contributed by atoms with Crippen molar-refractivity contribution in [3.05, 3.63) is 29.3 Å². The molecule has 0 aliphatic heterocycles. The van der Waals surface area contributed by atoms with Crippen molar-refractivity contribution in [1.82, 2.24) is 0 Å². The zero-order chi connectivity index (χ0) is 22.5. The Balaban J connectivity index is 2.09. The van der Waals surface area contributed by atoms with Crippen LogP contribution in [0.5, 0.6) is 5.75 Å². The molecule has 2 aliphatic carbocycles. The normalized spacial score (nSPS) is 29.5. The highest BCUT2D eigenvalue weighted by atomic mass is 28.4. The van der Waals surface area contributed by atoms with E-state index >= 15 is 0 Å². The smallest absolute Gasteiger partial charge is 0.395 e. The molecule has 0 N–H and O–H groups in total. The summed E-state index contributed by atoms with van der Waals surface area (Å²) in [7, 11) is -2.42. The molecular weight excluding hydrogens is 425 g/mol. The Bertz CT molecular complexity index is 770. The number of halogens is 3. The summed E-state index contributed by atoms with van der Waals surface area (Å²) in [6, 6.07) is 5.52. The summed E-state index contributed by atoms with van der Waals surface area (Å²) in [6.45, 7) is 12.3. The van der Waals surface area contributed by atoms with Gasteiger partial charge in [-0.25, -0.2) is 0 Å². The van der Waals surface area contributed by atoms with Gasteiger partial charge in [0.1, 0.15) is 5.75 Å². The minimum absolute atomic E-state index is 0.0760. The summed E-state index contributed by atoms with van der Waals surface area (Å²) in [5.74, 6) is -0.597. The lowest BCUT2D eigenvalue weighted by Gasteiger charge is -2.46. The molecule has 0 amide bonds. The average Bonchev–Trinajstić information content (AvgIpc) is 2.91. The fraction of sp³-hybridized carbons (Fsp3) is 0.727. The van der Waals surface area contributed by atoms with E-state index in [0.717, 1.165) is 11.1 Å². The van der Waals surface area contributed by atoms with E-state index in [0.29, 0.717) is 18.6 Å². The Morgan fingerprint density at radius 1 is 1.07 bits per heavy atom. The van der Waals surface area contributed by atoms with Crippen LogP contribution in [0.25, 0.3) is 0 Å². The number of rotatable bonds is 6. The summed E-state index contributed by atoms with van der Waals surface area (Å²) in [4.78, 5) is 0. The van der Waals surface area contributed by atoms with Gasteiger partial charge in [0.05, 0.1) is 18.6 Å². The van der Waals surface area contributed by atoms with Gasteiger partial charge in [-0.15, -0.1) is 0 Å². The maximum absolute atomic E-state index is 14.9. The highest BCUT2D eigenvalue weighted by Gasteiger charge is 2.70. The Kier molecular flexibility index (Phi) is 6.30. The first-order valence-corrected chi connectivity index (χ1v) is 17.5. The highest BCUT2D eigenvalue weighted by Crippen LogP contribution is 2.66. The molecule has 3 rings (SSSR count). The van der Waals surface area contributed by atoms with Crippen molar-refractivity contribution >= 4 is 16.6 Å². The molecule has 1 aromatic rings. The first-order valence-electron chi connectivity index (χ1n) is 10.7. The van der Waals surface area contributed by atoms with Gasteiger partial charge in [0, 0.05) is 18.4 Å². The topological polar surface area (TPSA) is 27.7 Å². The maximum Gasteiger partial charge on any atom is 0.395 e. The molecule has 4 atom stereocenters. The first kappa shape index (κ1) is 23.8. The Morgan fingerprint density at radius 2 is 1.73 bits per heavy atom. The number of hydrogen-bond donors (Lipinski definition) is 0.